The number of carbonyl (C=O) groups is 2. The number of phosphoric ester groups is 1. The van der Waals surface area contributed by atoms with Gasteiger partial charge in [-0.3, -0.25) is 14.2 Å². The van der Waals surface area contributed by atoms with Gasteiger partial charge in [-0.25, -0.2) is 0 Å². The maximum Gasteiger partial charge on any atom is 0.306 e. The van der Waals surface area contributed by atoms with E-state index in [0.717, 1.165) is 154 Å². The molecule has 0 bridgehead atoms. The first kappa shape index (κ1) is 90.8. The number of nitrogens with zero attached hydrogens (tertiary/aromatic N) is 1. The second-order valence-electron chi connectivity index (χ2n) is 25.9. The zero-order chi connectivity index (χ0) is 69.7. The number of rotatable bonds is 68. The number of quaternary nitrogens is 1. The summed E-state index contributed by atoms with van der Waals surface area (Å²) in [5.74, 6) is -0.854. The molecule has 96 heavy (non-hydrogen) atoms. The molecule has 542 valence electrons. The summed E-state index contributed by atoms with van der Waals surface area (Å²) in [5, 5.41) is 0. The first-order valence-electron chi connectivity index (χ1n) is 38.1. The van der Waals surface area contributed by atoms with E-state index in [2.05, 4.69) is 208 Å². The van der Waals surface area contributed by atoms with Crippen LogP contribution in [0, 0.1) is 0 Å². The van der Waals surface area contributed by atoms with Crippen LogP contribution in [-0.4, -0.2) is 70.0 Å². The van der Waals surface area contributed by atoms with Crippen molar-refractivity contribution in [3.63, 3.8) is 0 Å². The monoisotopic (exact) mass is 1350 g/mol. The maximum absolute atomic E-state index is 12.9. The summed E-state index contributed by atoms with van der Waals surface area (Å²) in [6.45, 7) is 3.99. The zero-order valence-electron chi connectivity index (χ0n) is 61.7. The first-order valence-corrected chi connectivity index (χ1v) is 39.6. The molecule has 9 nitrogen and oxygen atoms in total. The van der Waals surface area contributed by atoms with Crippen LogP contribution in [0.3, 0.4) is 0 Å². The SMILES string of the molecule is CC/C=C\C/C=C\C/C=C\C/C=C\C/C=C\C/C=C\C/C=C\C/C=C\C/C=C\CCCCCCCCCC(=O)OC(COC(=O)CCCCCCCCCCCCCCCCC/C=C\C/C=C\C/C=C\C/C=C\C/C=C\C/C=C\C/C=C\CC)COP(=O)([O-])OCC[N+](C)(C)C. The van der Waals surface area contributed by atoms with Crippen LogP contribution >= 0.6 is 7.82 Å². The number of hydrogen-bond donors (Lipinski definition) is 0. The standard InChI is InChI=1S/C86H140NO8P/c1-6-8-10-12-14-16-18-20-22-24-26-28-30-32-34-36-38-40-42-43-45-46-48-50-52-54-56-58-60-62-64-66-68-70-72-74-76-78-85(88)92-82-84(83-94-96(90,91)93-81-80-87(3,4)5)95-86(89)79-77-75-73-71-69-67-65-63-61-59-57-55-53-51-49-47-44-41-39-37-35-33-31-29-27-25-23-21-19-17-15-13-11-9-7-2/h8-11,14-17,20-23,26-29,32-35,38-41,43,45,47,49,53,55,59,61,84H,6-7,12-13,18-19,24-25,30-31,36-37,42,44,46,48,50-52,54,56-58,60,62-83H2,1-5H3/b10-8-,11-9-,16-14-,17-15-,22-20-,23-21-,28-26-,29-27-,34-32-,35-33-,40-38-,41-39-,45-43-,49-47-,55-53-,61-59-. The molecule has 10 heteroatoms. The Bertz CT molecular complexity index is 2330. The van der Waals surface area contributed by atoms with Gasteiger partial charge in [0.2, 0.25) is 0 Å². The Balaban J connectivity index is 4.10. The first-order chi connectivity index (χ1) is 47.0. The Kier molecular flexibility index (Phi) is 70.1. The number of likely N-dealkylation sites (N-methyl/N-ethyl adjacent to an activating group) is 1. The number of carbonyl (C=O) groups excluding carboxylic acids is 2. The van der Waals surface area contributed by atoms with E-state index in [1.54, 1.807) is 0 Å². The molecule has 2 atom stereocenters. The van der Waals surface area contributed by atoms with Crippen molar-refractivity contribution in [1.82, 2.24) is 0 Å². The van der Waals surface area contributed by atoms with Crippen molar-refractivity contribution in [2.24, 2.45) is 0 Å². The van der Waals surface area contributed by atoms with Crippen molar-refractivity contribution >= 4 is 19.8 Å². The molecule has 0 aliphatic heterocycles. The van der Waals surface area contributed by atoms with E-state index in [1.165, 1.54) is 96.3 Å². The lowest BCUT2D eigenvalue weighted by Crippen LogP contribution is -2.37. The van der Waals surface area contributed by atoms with Crippen LogP contribution in [0.25, 0.3) is 0 Å². The predicted molar refractivity (Wildman–Crippen MR) is 415 cm³/mol. The Morgan fingerprint density at radius 1 is 0.323 bits per heavy atom. The highest BCUT2D eigenvalue weighted by molar-refractivity contribution is 7.45. The Hall–Kier alpha value is -5.15. The maximum atomic E-state index is 12.9. The third kappa shape index (κ3) is 77.9. The number of unbranched alkanes of at least 4 members (excludes halogenated alkanes) is 22. The molecule has 0 aliphatic carbocycles. The van der Waals surface area contributed by atoms with Crippen molar-refractivity contribution in [2.75, 3.05) is 47.5 Å². The van der Waals surface area contributed by atoms with Crippen LogP contribution in [0.1, 0.15) is 284 Å². The molecule has 0 N–H and O–H groups in total. The van der Waals surface area contributed by atoms with Gasteiger partial charge in [0, 0.05) is 12.8 Å². The van der Waals surface area contributed by atoms with Crippen molar-refractivity contribution in [3.05, 3.63) is 194 Å². The summed E-state index contributed by atoms with van der Waals surface area (Å²) in [5.41, 5.74) is 0. The smallest absolute Gasteiger partial charge is 0.306 e. The molecule has 0 radical (unpaired) electrons. The molecule has 0 amide bonds. The molecule has 0 saturated heterocycles. The summed E-state index contributed by atoms with van der Waals surface area (Å²) in [6, 6.07) is 0. The van der Waals surface area contributed by atoms with Gasteiger partial charge in [-0.1, -0.05) is 324 Å². The minimum Gasteiger partial charge on any atom is -0.756 e. The predicted octanol–water partition coefficient (Wildman–Crippen LogP) is 25.0. The lowest BCUT2D eigenvalue weighted by molar-refractivity contribution is -0.870. The molecule has 0 fully saturated rings. The second-order valence-corrected chi connectivity index (χ2v) is 27.3. The molecule has 2 unspecified atom stereocenters. The number of phosphoric acid groups is 1. The van der Waals surface area contributed by atoms with Gasteiger partial charge in [-0.2, -0.15) is 0 Å². The van der Waals surface area contributed by atoms with Crippen LogP contribution in [0.4, 0.5) is 0 Å². The molecular formula is C86H140NO8P. The molecule has 0 heterocycles. The van der Waals surface area contributed by atoms with Crippen LogP contribution < -0.4 is 4.89 Å². The second kappa shape index (κ2) is 74.1. The van der Waals surface area contributed by atoms with Gasteiger partial charge in [0.15, 0.2) is 6.10 Å². The van der Waals surface area contributed by atoms with Gasteiger partial charge < -0.3 is 27.9 Å². The molecule has 0 spiro atoms. The van der Waals surface area contributed by atoms with Crippen molar-refractivity contribution < 1.29 is 42.1 Å². The summed E-state index contributed by atoms with van der Waals surface area (Å²) in [6.07, 6.45) is 115. The molecule has 0 aromatic rings. The van der Waals surface area contributed by atoms with Crippen molar-refractivity contribution in [2.45, 2.75) is 290 Å². The van der Waals surface area contributed by atoms with Gasteiger partial charge in [0.05, 0.1) is 27.7 Å². The Labute approximate surface area is 590 Å². The number of ether oxygens (including phenoxy) is 2. The highest BCUT2D eigenvalue weighted by Crippen LogP contribution is 2.38. The fourth-order valence-corrected chi connectivity index (χ4v) is 10.6. The van der Waals surface area contributed by atoms with Crippen LogP contribution in [0.5, 0.6) is 0 Å². The fraction of sp³-hybridized carbons (Fsp3) is 0.605. The van der Waals surface area contributed by atoms with E-state index in [9.17, 15) is 19.0 Å². The lowest BCUT2D eigenvalue weighted by atomic mass is 10.0. The number of esters is 2. The molecule has 0 aliphatic rings. The fourth-order valence-electron chi connectivity index (χ4n) is 9.87. The van der Waals surface area contributed by atoms with Gasteiger partial charge in [-0.05, 0) is 141 Å². The lowest BCUT2D eigenvalue weighted by Gasteiger charge is -2.28. The topological polar surface area (TPSA) is 111 Å². The largest absolute Gasteiger partial charge is 0.756 e. The van der Waals surface area contributed by atoms with Gasteiger partial charge >= 0.3 is 11.9 Å². The quantitative estimate of drug-likeness (QED) is 0.0195. The summed E-state index contributed by atoms with van der Waals surface area (Å²) >= 11 is 0. The minimum absolute atomic E-state index is 0.0423. The molecule has 0 aromatic carbocycles. The molecule has 0 rings (SSSR count). The van der Waals surface area contributed by atoms with E-state index in [1.807, 2.05) is 21.1 Å². The van der Waals surface area contributed by atoms with E-state index in [-0.39, 0.29) is 26.1 Å². The Morgan fingerprint density at radius 3 is 0.833 bits per heavy atom. The van der Waals surface area contributed by atoms with Crippen molar-refractivity contribution in [1.29, 1.82) is 0 Å². The van der Waals surface area contributed by atoms with E-state index < -0.39 is 32.5 Å². The Morgan fingerprint density at radius 2 is 0.562 bits per heavy atom. The zero-order valence-corrected chi connectivity index (χ0v) is 62.6. The number of hydrogen-bond acceptors (Lipinski definition) is 8. The average molecular weight is 1350 g/mol. The third-order valence-corrected chi connectivity index (χ3v) is 16.6. The summed E-state index contributed by atoms with van der Waals surface area (Å²) in [4.78, 5) is 38.2. The minimum atomic E-state index is -4.66. The van der Waals surface area contributed by atoms with Crippen LogP contribution in [-0.2, 0) is 32.7 Å². The van der Waals surface area contributed by atoms with Gasteiger partial charge in [0.1, 0.15) is 19.8 Å². The number of allylic oxidation sites excluding steroid dienone is 32. The van der Waals surface area contributed by atoms with Gasteiger partial charge in [0.25, 0.3) is 7.82 Å². The average Bonchev–Trinajstić information content (AvgIpc) is 2.74. The molecular weight excluding hydrogens is 1210 g/mol. The van der Waals surface area contributed by atoms with E-state index >= 15 is 0 Å². The normalized spacial score (nSPS) is 14.2. The van der Waals surface area contributed by atoms with Gasteiger partial charge in [-0.15, -0.1) is 0 Å². The third-order valence-electron chi connectivity index (χ3n) is 15.6. The highest BCUT2D eigenvalue weighted by atomic mass is 31.2. The molecule has 0 aromatic heterocycles. The molecule has 0 saturated carbocycles. The summed E-state index contributed by atoms with van der Waals surface area (Å²) < 4.78 is 34.4. The summed E-state index contributed by atoms with van der Waals surface area (Å²) in [7, 11) is 1.14. The van der Waals surface area contributed by atoms with Crippen molar-refractivity contribution in [3.8, 4) is 0 Å². The van der Waals surface area contributed by atoms with Crippen LogP contribution in [0.2, 0.25) is 0 Å². The van der Waals surface area contributed by atoms with E-state index in [4.69, 9.17) is 18.5 Å². The highest BCUT2D eigenvalue weighted by Gasteiger charge is 2.22. The van der Waals surface area contributed by atoms with Crippen LogP contribution in [0.15, 0.2) is 194 Å². The van der Waals surface area contributed by atoms with E-state index in [0.29, 0.717) is 17.4 Å².